The van der Waals surface area contributed by atoms with E-state index >= 15 is 0 Å². The van der Waals surface area contributed by atoms with Crippen LogP contribution in [0, 0.1) is 0 Å². The number of nitrogens with zero attached hydrogens (tertiary/aromatic N) is 3. The summed E-state index contributed by atoms with van der Waals surface area (Å²) in [5.41, 5.74) is 8.06. The van der Waals surface area contributed by atoms with Crippen molar-refractivity contribution >= 4 is 0 Å². The summed E-state index contributed by atoms with van der Waals surface area (Å²) in [4.78, 5) is 2.58. The molecule has 1 aliphatic heterocycles. The molecule has 3 atom stereocenters. The van der Waals surface area contributed by atoms with Gasteiger partial charge in [0.05, 0.1) is 24.8 Å². The normalized spacial score (nSPS) is 36.7. The molecular formula is C5H10N4O2. The highest BCUT2D eigenvalue weighted by molar-refractivity contribution is 4.94. The fraction of sp³-hybridized carbons (Fsp3) is 1.00. The predicted octanol–water partition coefficient (Wildman–Crippen LogP) is -1.01. The predicted molar refractivity (Wildman–Crippen MR) is 37.8 cm³/mol. The number of azide groups is 1. The van der Waals surface area contributed by atoms with E-state index in [2.05, 4.69) is 15.3 Å². The molecule has 6 heteroatoms. The van der Waals surface area contributed by atoms with Crippen LogP contribution in [0.1, 0.15) is 0 Å². The first kappa shape index (κ1) is 8.29. The van der Waals surface area contributed by atoms with Gasteiger partial charge in [-0.25, -0.2) is 0 Å². The number of aliphatic hydroxyl groups is 2. The summed E-state index contributed by atoms with van der Waals surface area (Å²) in [7, 11) is 0. The first-order valence-electron chi connectivity index (χ1n) is 3.36. The van der Waals surface area contributed by atoms with Gasteiger partial charge in [-0.2, -0.15) is 0 Å². The van der Waals surface area contributed by atoms with Crippen LogP contribution in [0.3, 0.4) is 0 Å². The lowest BCUT2D eigenvalue weighted by Gasteiger charge is -2.12. The molecule has 0 aromatic carbocycles. The lowest BCUT2D eigenvalue weighted by Crippen LogP contribution is -2.35. The van der Waals surface area contributed by atoms with Crippen LogP contribution in [0.4, 0.5) is 0 Å². The molecule has 1 aliphatic rings. The Labute approximate surface area is 63.5 Å². The maximum atomic E-state index is 9.29. The summed E-state index contributed by atoms with van der Waals surface area (Å²) < 4.78 is 0. The van der Waals surface area contributed by atoms with Crippen molar-refractivity contribution in [2.24, 2.45) is 5.11 Å². The number of hydrogen-bond donors (Lipinski definition) is 3. The zero-order chi connectivity index (χ0) is 8.27. The molecule has 0 bridgehead atoms. The third kappa shape index (κ3) is 1.61. The van der Waals surface area contributed by atoms with Gasteiger partial charge in [0, 0.05) is 11.5 Å². The van der Waals surface area contributed by atoms with Crippen LogP contribution in [0.25, 0.3) is 10.4 Å². The van der Waals surface area contributed by atoms with E-state index in [0.717, 1.165) is 0 Å². The van der Waals surface area contributed by atoms with E-state index in [4.69, 9.17) is 10.6 Å². The van der Waals surface area contributed by atoms with E-state index in [0.29, 0.717) is 6.54 Å². The lowest BCUT2D eigenvalue weighted by molar-refractivity contribution is 0.111. The third-order valence-corrected chi connectivity index (χ3v) is 1.79. The van der Waals surface area contributed by atoms with Crippen molar-refractivity contribution < 1.29 is 10.2 Å². The summed E-state index contributed by atoms with van der Waals surface area (Å²) in [5, 5.41) is 24.1. The minimum Gasteiger partial charge on any atom is -0.395 e. The standard InChI is InChI=1S/C5H10N4O2/c6-9-8-3-1-7-4(2-10)5(3)11/h3-5,7,10-11H,1-2H2/t3-,4-,5+/m1/s1. The van der Waals surface area contributed by atoms with Crippen molar-refractivity contribution in [2.45, 2.75) is 18.2 Å². The monoisotopic (exact) mass is 158 g/mol. The van der Waals surface area contributed by atoms with Crippen molar-refractivity contribution in [3.63, 3.8) is 0 Å². The molecular weight excluding hydrogens is 148 g/mol. The fourth-order valence-electron chi connectivity index (χ4n) is 1.13. The first-order chi connectivity index (χ1) is 5.29. The van der Waals surface area contributed by atoms with Gasteiger partial charge in [0.15, 0.2) is 0 Å². The molecule has 0 radical (unpaired) electrons. The van der Waals surface area contributed by atoms with E-state index in [1.165, 1.54) is 0 Å². The summed E-state index contributed by atoms with van der Waals surface area (Å²) >= 11 is 0. The summed E-state index contributed by atoms with van der Waals surface area (Å²) in [6.07, 6.45) is -0.768. The zero-order valence-corrected chi connectivity index (χ0v) is 5.88. The SMILES string of the molecule is [N-]=[N+]=N[C@@H]1CN[C@H](CO)[C@H]1O. The van der Waals surface area contributed by atoms with Crippen molar-refractivity contribution in [2.75, 3.05) is 13.2 Å². The van der Waals surface area contributed by atoms with Crippen LogP contribution in [-0.4, -0.2) is 41.6 Å². The topological polar surface area (TPSA) is 101 Å². The number of hydrogen-bond acceptors (Lipinski definition) is 4. The lowest BCUT2D eigenvalue weighted by atomic mass is 10.1. The van der Waals surface area contributed by atoms with Crippen LogP contribution in [0.15, 0.2) is 5.11 Å². The molecule has 1 rings (SSSR count). The average molecular weight is 158 g/mol. The van der Waals surface area contributed by atoms with Crippen molar-refractivity contribution in [3.8, 4) is 0 Å². The molecule has 1 fully saturated rings. The van der Waals surface area contributed by atoms with Gasteiger partial charge in [0.2, 0.25) is 0 Å². The van der Waals surface area contributed by atoms with Crippen molar-refractivity contribution in [3.05, 3.63) is 10.4 Å². The Morgan fingerprint density at radius 3 is 2.91 bits per heavy atom. The minimum absolute atomic E-state index is 0.140. The highest BCUT2D eigenvalue weighted by Crippen LogP contribution is 2.10. The Hall–Kier alpha value is -0.810. The molecule has 0 unspecified atom stereocenters. The smallest absolute Gasteiger partial charge is 0.0812 e. The van der Waals surface area contributed by atoms with Crippen LogP contribution in [-0.2, 0) is 0 Å². The molecule has 1 heterocycles. The van der Waals surface area contributed by atoms with E-state index < -0.39 is 12.1 Å². The second kappa shape index (κ2) is 3.54. The van der Waals surface area contributed by atoms with Gasteiger partial charge < -0.3 is 15.5 Å². The van der Waals surface area contributed by atoms with Gasteiger partial charge in [-0.3, -0.25) is 0 Å². The molecule has 62 valence electrons. The van der Waals surface area contributed by atoms with Crippen molar-refractivity contribution in [1.29, 1.82) is 0 Å². The average Bonchev–Trinajstić information content (AvgIpc) is 2.34. The van der Waals surface area contributed by atoms with Gasteiger partial charge in [-0.1, -0.05) is 5.11 Å². The molecule has 0 amide bonds. The molecule has 6 nitrogen and oxygen atoms in total. The number of nitrogens with one attached hydrogen (secondary N) is 1. The maximum Gasteiger partial charge on any atom is 0.0812 e. The molecule has 1 saturated heterocycles. The van der Waals surface area contributed by atoms with E-state index in [9.17, 15) is 5.11 Å². The van der Waals surface area contributed by atoms with Gasteiger partial charge in [0.1, 0.15) is 0 Å². The van der Waals surface area contributed by atoms with Crippen LogP contribution < -0.4 is 5.32 Å². The van der Waals surface area contributed by atoms with Crippen LogP contribution in [0.2, 0.25) is 0 Å². The number of aliphatic hydroxyl groups excluding tert-OH is 2. The Morgan fingerprint density at radius 1 is 1.73 bits per heavy atom. The molecule has 3 N–H and O–H groups in total. The highest BCUT2D eigenvalue weighted by atomic mass is 16.3. The van der Waals surface area contributed by atoms with Gasteiger partial charge in [0.25, 0.3) is 0 Å². The van der Waals surface area contributed by atoms with Crippen molar-refractivity contribution in [1.82, 2.24) is 5.32 Å². The Morgan fingerprint density at radius 2 is 2.45 bits per heavy atom. The Balaban J connectivity index is 2.54. The molecule has 0 spiro atoms. The quantitative estimate of drug-likeness (QED) is 0.272. The summed E-state index contributed by atoms with van der Waals surface area (Å²) in [6, 6.07) is -0.803. The van der Waals surface area contributed by atoms with Crippen LogP contribution >= 0.6 is 0 Å². The van der Waals surface area contributed by atoms with Crippen LogP contribution in [0.5, 0.6) is 0 Å². The Bertz CT molecular complexity index is 179. The maximum absolute atomic E-state index is 9.29. The highest BCUT2D eigenvalue weighted by Gasteiger charge is 2.32. The number of rotatable bonds is 2. The minimum atomic E-state index is -0.768. The molecule has 0 aliphatic carbocycles. The second-order valence-electron chi connectivity index (χ2n) is 2.46. The Kier molecular flexibility index (Phi) is 2.67. The summed E-state index contributed by atoms with van der Waals surface area (Å²) in [5.74, 6) is 0. The largest absolute Gasteiger partial charge is 0.395 e. The van der Waals surface area contributed by atoms with E-state index in [-0.39, 0.29) is 12.6 Å². The third-order valence-electron chi connectivity index (χ3n) is 1.79. The second-order valence-corrected chi connectivity index (χ2v) is 2.46. The molecule has 0 saturated carbocycles. The molecule has 11 heavy (non-hydrogen) atoms. The zero-order valence-electron chi connectivity index (χ0n) is 5.88. The molecule has 0 aromatic rings. The van der Waals surface area contributed by atoms with Gasteiger partial charge in [-0.15, -0.1) is 0 Å². The first-order valence-corrected chi connectivity index (χ1v) is 3.36. The van der Waals surface area contributed by atoms with Gasteiger partial charge in [-0.05, 0) is 5.53 Å². The van der Waals surface area contributed by atoms with E-state index in [1.807, 2.05) is 0 Å². The van der Waals surface area contributed by atoms with Gasteiger partial charge >= 0.3 is 0 Å². The van der Waals surface area contributed by atoms with E-state index in [1.54, 1.807) is 0 Å². The molecule has 0 aromatic heterocycles. The fourth-order valence-corrected chi connectivity index (χ4v) is 1.13. The summed E-state index contributed by atoms with van der Waals surface area (Å²) in [6.45, 7) is 0.287.